The molecule has 2 aromatic carbocycles. The maximum absolute atomic E-state index is 12.3. The summed E-state index contributed by atoms with van der Waals surface area (Å²) < 4.78 is 5.17. The molecule has 1 fully saturated rings. The molecule has 0 radical (unpaired) electrons. The van der Waals surface area contributed by atoms with E-state index < -0.39 is 16.9 Å². The zero-order valence-electron chi connectivity index (χ0n) is 21.3. The van der Waals surface area contributed by atoms with Crippen molar-refractivity contribution in [2.24, 2.45) is 0 Å². The smallest absolute Gasteiger partial charge is 0.328 e. The topological polar surface area (TPSA) is 189 Å². The molecule has 13 heteroatoms. The first-order valence-electron chi connectivity index (χ1n) is 12.2. The van der Waals surface area contributed by atoms with Crippen LogP contribution in [0.15, 0.2) is 77.3 Å². The van der Waals surface area contributed by atoms with E-state index in [1.54, 1.807) is 0 Å². The molecule has 0 atom stereocenters. The summed E-state index contributed by atoms with van der Waals surface area (Å²) in [5.74, 6) is -2.23. The number of hydrogen-bond acceptors (Lipinski definition) is 9. The predicted octanol–water partition coefficient (Wildman–Crippen LogP) is 3.15. The molecular weight excluding hydrogens is 522 g/mol. The van der Waals surface area contributed by atoms with Gasteiger partial charge < -0.3 is 20.1 Å². The largest absolute Gasteiger partial charge is 0.478 e. The second-order valence-corrected chi connectivity index (χ2v) is 8.65. The van der Waals surface area contributed by atoms with Gasteiger partial charge in [-0.15, -0.1) is 0 Å². The van der Waals surface area contributed by atoms with Crippen LogP contribution in [0.2, 0.25) is 0 Å². The molecule has 1 aromatic heterocycles. The Morgan fingerprint density at radius 3 is 2.20 bits per heavy atom. The number of aromatic nitrogens is 2. The summed E-state index contributed by atoms with van der Waals surface area (Å²) in [6.45, 7) is 2.80. The van der Waals surface area contributed by atoms with Gasteiger partial charge in [0.25, 0.3) is 11.6 Å². The van der Waals surface area contributed by atoms with Crippen molar-refractivity contribution in [1.29, 1.82) is 0 Å². The van der Waals surface area contributed by atoms with Crippen LogP contribution in [0, 0.1) is 10.1 Å². The van der Waals surface area contributed by atoms with Gasteiger partial charge in [0, 0.05) is 61.6 Å². The Morgan fingerprint density at radius 2 is 1.62 bits per heavy atom. The lowest BCUT2D eigenvalue weighted by Crippen LogP contribution is -2.43. The first-order valence-corrected chi connectivity index (χ1v) is 12.2. The quantitative estimate of drug-likeness (QED) is 0.202. The Bertz CT molecular complexity index is 1350. The van der Waals surface area contributed by atoms with E-state index >= 15 is 0 Å². The lowest BCUT2D eigenvalue weighted by Gasteiger charge is -2.32. The van der Waals surface area contributed by atoms with Crippen LogP contribution in [-0.4, -0.2) is 67.2 Å². The molecule has 40 heavy (non-hydrogen) atoms. The minimum atomic E-state index is -1.26. The fourth-order valence-electron chi connectivity index (χ4n) is 3.76. The van der Waals surface area contributed by atoms with Gasteiger partial charge in [0.2, 0.25) is 5.91 Å². The third kappa shape index (κ3) is 9.95. The van der Waals surface area contributed by atoms with Crippen LogP contribution in [0.3, 0.4) is 0 Å². The highest BCUT2D eigenvalue weighted by Crippen LogP contribution is 2.21. The molecule has 0 aliphatic carbocycles. The fourth-order valence-corrected chi connectivity index (χ4v) is 3.76. The number of likely N-dealkylation sites (tertiary alicyclic amines) is 1. The highest BCUT2D eigenvalue weighted by molar-refractivity contribution is 5.91. The van der Waals surface area contributed by atoms with Crippen LogP contribution < -0.4 is 5.32 Å². The molecule has 0 spiro atoms. The van der Waals surface area contributed by atoms with Gasteiger partial charge in [-0.1, -0.05) is 35.5 Å². The third-order valence-electron chi connectivity index (χ3n) is 5.70. The monoisotopic (exact) mass is 549 g/mol. The van der Waals surface area contributed by atoms with Gasteiger partial charge in [-0.3, -0.25) is 19.8 Å². The molecular formula is C27H27N5O8. The molecule has 3 N–H and O–H groups in total. The van der Waals surface area contributed by atoms with Crippen molar-refractivity contribution in [3.05, 3.63) is 94.3 Å². The van der Waals surface area contributed by atoms with Crippen molar-refractivity contribution in [2.45, 2.75) is 25.4 Å². The first kappa shape index (κ1) is 29.4. The third-order valence-corrected chi connectivity index (χ3v) is 5.70. The number of carbonyl (C=O) groups is 3. The number of hydrogen-bond donors (Lipinski definition) is 3. The van der Waals surface area contributed by atoms with E-state index in [-0.39, 0.29) is 29.4 Å². The maximum atomic E-state index is 12.3. The number of nitrogens with one attached hydrogen (secondary N) is 1. The average Bonchev–Trinajstić information content (AvgIpc) is 3.42. The Kier molecular flexibility index (Phi) is 10.8. The average molecular weight is 550 g/mol. The van der Waals surface area contributed by atoms with Gasteiger partial charge in [-0.25, -0.2) is 9.59 Å². The summed E-state index contributed by atoms with van der Waals surface area (Å²) in [5.41, 5.74) is 1.84. The minimum absolute atomic E-state index is 0.0176. The SMILES string of the molecule is O=C(C=Cc1noc(-c2ccc([N+](=O)[O-])cc2)n1)NC1CCN(Cc2ccccc2)CC1.O=C(O)C=CC(=O)O. The number of benzene rings is 2. The van der Waals surface area contributed by atoms with E-state index in [0.717, 1.165) is 32.5 Å². The molecule has 0 saturated carbocycles. The van der Waals surface area contributed by atoms with Crippen LogP contribution in [0.25, 0.3) is 17.5 Å². The molecule has 0 bridgehead atoms. The number of carboxylic acids is 2. The van der Waals surface area contributed by atoms with Crippen molar-refractivity contribution >= 4 is 29.6 Å². The second kappa shape index (κ2) is 14.7. The van der Waals surface area contributed by atoms with Crippen molar-refractivity contribution in [3.63, 3.8) is 0 Å². The summed E-state index contributed by atoms with van der Waals surface area (Å²) in [6.07, 6.45) is 5.79. The number of carboxylic acid groups (broad SMARTS) is 2. The number of piperidine rings is 1. The number of nitro groups is 1. The summed E-state index contributed by atoms with van der Waals surface area (Å²) in [7, 11) is 0. The van der Waals surface area contributed by atoms with Gasteiger partial charge in [0.1, 0.15) is 0 Å². The molecule has 13 nitrogen and oxygen atoms in total. The summed E-state index contributed by atoms with van der Waals surface area (Å²) in [4.78, 5) is 48.2. The van der Waals surface area contributed by atoms with E-state index in [2.05, 4.69) is 32.5 Å². The normalized spacial score (nSPS) is 14.0. The number of nitro benzene ring substituents is 1. The summed E-state index contributed by atoms with van der Waals surface area (Å²) >= 11 is 0. The highest BCUT2D eigenvalue weighted by Gasteiger charge is 2.20. The van der Waals surface area contributed by atoms with Gasteiger partial charge in [0.05, 0.1) is 4.92 Å². The molecule has 1 aliphatic rings. The maximum Gasteiger partial charge on any atom is 0.328 e. The van der Waals surface area contributed by atoms with E-state index in [4.69, 9.17) is 14.7 Å². The zero-order valence-corrected chi connectivity index (χ0v) is 21.3. The standard InChI is InChI=1S/C23H23N5O4.C4H4O4/c29-22(24-19-12-14-27(15-13-19)16-17-4-2-1-3-5-17)11-10-21-25-23(32-26-21)18-6-8-20(9-7-18)28(30)31;5-3(6)1-2-4(7)8/h1-11,19H,12-16H2,(H,24,29);1-2H,(H,5,6)(H,7,8). The number of rotatable bonds is 9. The number of aliphatic carboxylic acids is 2. The minimum Gasteiger partial charge on any atom is -0.478 e. The van der Waals surface area contributed by atoms with E-state index in [1.807, 2.05) is 18.2 Å². The van der Waals surface area contributed by atoms with E-state index in [1.165, 1.54) is 42.0 Å². The summed E-state index contributed by atoms with van der Waals surface area (Å²) in [6, 6.07) is 16.3. The number of non-ortho nitro benzene ring substituents is 1. The highest BCUT2D eigenvalue weighted by atomic mass is 16.6. The second-order valence-electron chi connectivity index (χ2n) is 8.65. The van der Waals surface area contributed by atoms with Crippen molar-refractivity contribution in [1.82, 2.24) is 20.4 Å². The van der Waals surface area contributed by atoms with E-state index in [0.29, 0.717) is 17.7 Å². The van der Waals surface area contributed by atoms with Crippen molar-refractivity contribution in [3.8, 4) is 11.5 Å². The molecule has 1 saturated heterocycles. The summed E-state index contributed by atoms with van der Waals surface area (Å²) in [5, 5.41) is 33.2. The number of amides is 1. The van der Waals surface area contributed by atoms with Crippen LogP contribution in [0.5, 0.6) is 0 Å². The number of carbonyl (C=O) groups excluding carboxylic acids is 1. The lowest BCUT2D eigenvalue weighted by molar-refractivity contribution is -0.384. The Balaban J connectivity index is 0.000000482. The molecule has 1 aliphatic heterocycles. The van der Waals surface area contributed by atoms with Crippen molar-refractivity contribution < 1.29 is 34.0 Å². The Labute approximate surface area is 228 Å². The molecule has 208 valence electrons. The van der Waals surface area contributed by atoms with Crippen LogP contribution in [0.1, 0.15) is 24.2 Å². The van der Waals surface area contributed by atoms with Crippen LogP contribution >= 0.6 is 0 Å². The zero-order chi connectivity index (χ0) is 28.9. The van der Waals surface area contributed by atoms with Gasteiger partial charge in [-0.2, -0.15) is 4.98 Å². The van der Waals surface area contributed by atoms with Gasteiger partial charge in [0.15, 0.2) is 5.82 Å². The number of nitrogens with zero attached hydrogens (tertiary/aromatic N) is 4. The Morgan fingerprint density at radius 1 is 1.00 bits per heavy atom. The predicted molar refractivity (Wildman–Crippen MR) is 143 cm³/mol. The molecule has 2 heterocycles. The van der Waals surface area contributed by atoms with Gasteiger partial charge >= 0.3 is 11.9 Å². The van der Waals surface area contributed by atoms with Gasteiger partial charge in [-0.05, 0) is 36.6 Å². The molecule has 3 aromatic rings. The fraction of sp³-hybridized carbons (Fsp3) is 0.222. The van der Waals surface area contributed by atoms with Crippen LogP contribution in [0.4, 0.5) is 5.69 Å². The van der Waals surface area contributed by atoms with Crippen molar-refractivity contribution in [2.75, 3.05) is 13.1 Å². The van der Waals surface area contributed by atoms with Crippen LogP contribution in [-0.2, 0) is 20.9 Å². The lowest BCUT2D eigenvalue weighted by atomic mass is 10.0. The molecule has 4 rings (SSSR count). The molecule has 1 amide bonds. The first-order chi connectivity index (χ1) is 19.2. The van der Waals surface area contributed by atoms with E-state index in [9.17, 15) is 24.5 Å². The molecule has 0 unspecified atom stereocenters. The Hall–Kier alpha value is -5.17.